The van der Waals surface area contributed by atoms with E-state index < -0.39 is 0 Å². The average molecular weight is 641 g/mol. The predicted molar refractivity (Wildman–Crippen MR) is 174 cm³/mol. The van der Waals surface area contributed by atoms with Crippen molar-refractivity contribution in [2.24, 2.45) is 5.41 Å². The monoisotopic (exact) mass is 639 g/mol. The fraction of sp³-hybridized carbons (Fsp3) is 0.355. The number of piperidine rings is 1. The summed E-state index contributed by atoms with van der Waals surface area (Å²) in [5, 5.41) is 10.0. The van der Waals surface area contributed by atoms with Gasteiger partial charge in [0.1, 0.15) is 29.5 Å². The number of likely N-dealkylation sites (N-methyl/N-ethyl adjacent to an activating group) is 1. The van der Waals surface area contributed by atoms with E-state index in [1.807, 2.05) is 18.2 Å². The molecule has 13 heteroatoms. The molecule has 5 rings (SSSR count). The predicted octanol–water partition coefficient (Wildman–Crippen LogP) is 5.06. The van der Waals surface area contributed by atoms with Crippen LogP contribution in [-0.4, -0.2) is 69.2 Å². The molecule has 2 aliphatic heterocycles. The molecule has 2 fully saturated rings. The first-order valence-corrected chi connectivity index (χ1v) is 14.9. The number of carbonyl (C=O) groups is 2. The van der Waals surface area contributed by atoms with E-state index in [1.54, 1.807) is 19.2 Å². The van der Waals surface area contributed by atoms with Gasteiger partial charge in [-0.1, -0.05) is 29.8 Å². The van der Waals surface area contributed by atoms with Crippen molar-refractivity contribution in [2.45, 2.75) is 19.3 Å². The molecule has 44 heavy (non-hydrogen) atoms. The molecule has 2 aromatic carbocycles. The lowest BCUT2D eigenvalue weighted by Gasteiger charge is -2.53. The van der Waals surface area contributed by atoms with Crippen LogP contribution in [0.25, 0.3) is 0 Å². The van der Waals surface area contributed by atoms with Crippen molar-refractivity contribution in [3.05, 3.63) is 64.9 Å². The van der Waals surface area contributed by atoms with Crippen LogP contribution in [0.5, 0.6) is 11.5 Å². The van der Waals surface area contributed by atoms with Gasteiger partial charge in [0.05, 0.1) is 42.1 Å². The Labute approximate surface area is 266 Å². The van der Waals surface area contributed by atoms with Crippen LogP contribution in [0.2, 0.25) is 10.0 Å². The Morgan fingerprint density at radius 1 is 1.07 bits per heavy atom. The summed E-state index contributed by atoms with van der Waals surface area (Å²) in [7, 11) is 4.54. The van der Waals surface area contributed by atoms with Crippen LogP contribution in [0.3, 0.4) is 0 Å². The van der Waals surface area contributed by atoms with E-state index in [4.69, 9.17) is 32.7 Å². The van der Waals surface area contributed by atoms with Gasteiger partial charge in [-0.15, -0.1) is 0 Å². The maximum Gasteiger partial charge on any atom is 0.247 e. The lowest BCUT2D eigenvalue weighted by Crippen LogP contribution is -2.60. The van der Waals surface area contributed by atoms with Crippen molar-refractivity contribution in [1.29, 1.82) is 0 Å². The molecule has 0 bridgehead atoms. The molecule has 2 saturated heterocycles. The highest BCUT2D eigenvalue weighted by atomic mass is 35.5. The summed E-state index contributed by atoms with van der Waals surface area (Å²) in [6.07, 6.45) is 4.80. The van der Waals surface area contributed by atoms with Gasteiger partial charge < -0.3 is 30.3 Å². The number of rotatable bonds is 10. The van der Waals surface area contributed by atoms with Gasteiger partial charge in [-0.05, 0) is 50.2 Å². The lowest BCUT2D eigenvalue weighted by molar-refractivity contribution is -0.117. The molecule has 0 radical (unpaired) electrons. The number of benzene rings is 2. The standard InChI is InChI=1S/C31H35Cl2N7O4/c1-5-27(41)38-22-12-19(40-16-31(17-40)8-10-34-11-9-31)6-7-21(22)37-25-15-26(36-18-35-25)39(2)28(42)13-20-29(32)23(43-3)14-24(44-4)30(20)33/h5-7,12,14-15,18,34H,1,8-11,13,16-17H2,2-4H3,(H,38,41)(H,35,36,37). The van der Waals surface area contributed by atoms with Crippen molar-refractivity contribution in [2.75, 3.05) is 67.9 Å². The average Bonchev–Trinajstić information content (AvgIpc) is 3.02. The third-order valence-corrected chi connectivity index (χ3v) is 8.98. The Kier molecular flexibility index (Phi) is 9.48. The van der Waals surface area contributed by atoms with E-state index >= 15 is 0 Å². The number of hydrogen-bond donors (Lipinski definition) is 3. The van der Waals surface area contributed by atoms with Crippen LogP contribution in [-0.2, 0) is 16.0 Å². The number of ether oxygens (including phenoxy) is 2. The third-order valence-electron chi connectivity index (χ3n) is 8.15. The molecule has 3 aromatic rings. The molecule has 3 N–H and O–H groups in total. The third kappa shape index (κ3) is 6.54. The Bertz CT molecular complexity index is 1540. The molecule has 11 nitrogen and oxygen atoms in total. The largest absolute Gasteiger partial charge is 0.495 e. The van der Waals surface area contributed by atoms with Crippen LogP contribution < -0.4 is 35.2 Å². The molecule has 0 saturated carbocycles. The zero-order chi connectivity index (χ0) is 31.4. The smallest absolute Gasteiger partial charge is 0.247 e. The summed E-state index contributed by atoms with van der Waals surface area (Å²) in [4.78, 5) is 38.0. The van der Waals surface area contributed by atoms with Crippen molar-refractivity contribution < 1.29 is 19.1 Å². The number of amides is 2. The maximum atomic E-state index is 13.3. The molecule has 2 amide bonds. The molecule has 1 spiro atoms. The molecular formula is C31H35Cl2N7O4. The van der Waals surface area contributed by atoms with E-state index in [0.717, 1.165) is 31.9 Å². The second kappa shape index (κ2) is 13.3. The highest BCUT2D eigenvalue weighted by Gasteiger charge is 2.43. The van der Waals surface area contributed by atoms with Gasteiger partial charge in [0.2, 0.25) is 11.8 Å². The number of anilines is 5. The Hall–Kier alpha value is -4.06. The summed E-state index contributed by atoms with van der Waals surface area (Å²) in [6.45, 7) is 7.67. The summed E-state index contributed by atoms with van der Waals surface area (Å²) in [5.41, 5.74) is 2.98. The number of carbonyl (C=O) groups excluding carboxylic acids is 2. The second-order valence-corrected chi connectivity index (χ2v) is 11.7. The summed E-state index contributed by atoms with van der Waals surface area (Å²) in [6, 6.07) is 9.07. The zero-order valence-corrected chi connectivity index (χ0v) is 26.4. The quantitative estimate of drug-likeness (QED) is 0.261. The van der Waals surface area contributed by atoms with E-state index in [2.05, 4.69) is 37.4 Å². The molecule has 2 aliphatic rings. The zero-order valence-electron chi connectivity index (χ0n) is 24.9. The number of halogens is 2. The van der Waals surface area contributed by atoms with Gasteiger partial charge in [0.15, 0.2) is 0 Å². The minimum absolute atomic E-state index is 0.123. The topological polar surface area (TPSA) is 121 Å². The van der Waals surface area contributed by atoms with Gasteiger partial charge in [-0.2, -0.15) is 0 Å². The van der Waals surface area contributed by atoms with Crippen LogP contribution >= 0.6 is 23.2 Å². The summed E-state index contributed by atoms with van der Waals surface area (Å²) < 4.78 is 10.6. The fourth-order valence-electron chi connectivity index (χ4n) is 5.57. The van der Waals surface area contributed by atoms with Crippen LogP contribution in [0, 0.1) is 5.41 Å². The summed E-state index contributed by atoms with van der Waals surface area (Å²) >= 11 is 13.0. The Balaban J connectivity index is 1.34. The SMILES string of the molecule is C=CC(=O)Nc1cc(N2CC3(CCNCC3)C2)ccc1Nc1cc(N(C)C(=O)Cc2c(Cl)c(OC)cc(OC)c2Cl)ncn1. The lowest BCUT2D eigenvalue weighted by atomic mass is 9.72. The first-order valence-electron chi connectivity index (χ1n) is 14.1. The first kappa shape index (κ1) is 31.4. The van der Waals surface area contributed by atoms with Crippen molar-refractivity contribution >= 4 is 63.7 Å². The second-order valence-electron chi connectivity index (χ2n) is 10.9. The summed E-state index contributed by atoms with van der Waals surface area (Å²) in [5.74, 6) is 0.806. The number of nitrogens with zero attached hydrogens (tertiary/aromatic N) is 4. The van der Waals surface area contributed by atoms with Gasteiger partial charge in [-0.25, -0.2) is 9.97 Å². The molecule has 0 atom stereocenters. The van der Waals surface area contributed by atoms with E-state index in [9.17, 15) is 9.59 Å². The fourth-order valence-corrected chi connectivity index (χ4v) is 6.21. The van der Waals surface area contributed by atoms with Gasteiger partial charge in [-0.3, -0.25) is 14.5 Å². The molecule has 0 unspecified atom stereocenters. The van der Waals surface area contributed by atoms with Crippen molar-refractivity contribution in [3.63, 3.8) is 0 Å². The van der Waals surface area contributed by atoms with Crippen molar-refractivity contribution in [3.8, 4) is 11.5 Å². The van der Waals surface area contributed by atoms with E-state index in [-0.39, 0.29) is 28.3 Å². The first-order chi connectivity index (χ1) is 21.2. The minimum atomic E-state index is -0.330. The Morgan fingerprint density at radius 2 is 1.75 bits per heavy atom. The molecule has 232 valence electrons. The van der Waals surface area contributed by atoms with Crippen LogP contribution in [0.4, 0.5) is 28.7 Å². The van der Waals surface area contributed by atoms with E-state index in [1.165, 1.54) is 44.4 Å². The molecular weight excluding hydrogens is 605 g/mol. The van der Waals surface area contributed by atoms with Crippen molar-refractivity contribution in [1.82, 2.24) is 15.3 Å². The molecule has 3 heterocycles. The van der Waals surface area contributed by atoms with Gasteiger partial charge in [0, 0.05) is 48.9 Å². The van der Waals surface area contributed by atoms with Crippen LogP contribution in [0.1, 0.15) is 18.4 Å². The number of nitrogens with one attached hydrogen (secondary N) is 3. The van der Waals surface area contributed by atoms with Gasteiger partial charge >= 0.3 is 0 Å². The highest BCUT2D eigenvalue weighted by Crippen LogP contribution is 2.43. The highest BCUT2D eigenvalue weighted by molar-refractivity contribution is 6.38. The minimum Gasteiger partial charge on any atom is -0.495 e. The number of methoxy groups -OCH3 is 2. The normalized spacial score (nSPS) is 15.2. The Morgan fingerprint density at radius 3 is 2.39 bits per heavy atom. The molecule has 0 aliphatic carbocycles. The van der Waals surface area contributed by atoms with Crippen LogP contribution in [0.15, 0.2) is 49.3 Å². The van der Waals surface area contributed by atoms with E-state index in [0.29, 0.717) is 45.5 Å². The molecule has 1 aromatic heterocycles. The number of aromatic nitrogens is 2. The van der Waals surface area contributed by atoms with Gasteiger partial charge in [0.25, 0.3) is 0 Å². The number of hydrogen-bond acceptors (Lipinski definition) is 9. The maximum absolute atomic E-state index is 13.3.